The van der Waals surface area contributed by atoms with E-state index in [0.29, 0.717) is 0 Å². The minimum Gasteiger partial charge on any atom is -0.310 e. The number of hydrogen-bond acceptors (Lipinski definition) is 3. The molecule has 2 fully saturated rings. The van der Waals surface area contributed by atoms with E-state index in [0.717, 1.165) is 18.6 Å². The van der Waals surface area contributed by atoms with Crippen molar-refractivity contribution in [2.75, 3.05) is 13.1 Å². The van der Waals surface area contributed by atoms with Crippen LogP contribution in [0.25, 0.3) is 0 Å². The van der Waals surface area contributed by atoms with Crippen LogP contribution in [0.3, 0.4) is 0 Å². The maximum absolute atomic E-state index is 3.77. The van der Waals surface area contributed by atoms with Crippen LogP contribution in [-0.2, 0) is 6.54 Å². The van der Waals surface area contributed by atoms with Gasteiger partial charge in [-0.15, -0.1) is 11.3 Å². The molecule has 1 unspecified atom stereocenters. The van der Waals surface area contributed by atoms with Crippen molar-refractivity contribution in [3.05, 3.63) is 20.8 Å². The first kappa shape index (κ1) is 12.2. The number of piperidine rings is 1. The third-order valence-corrected chi connectivity index (χ3v) is 5.17. The van der Waals surface area contributed by atoms with Gasteiger partial charge >= 0.3 is 0 Å². The first-order valence-corrected chi connectivity index (χ1v) is 8.13. The number of hydrogen-bond donors (Lipinski definition) is 1. The second-order valence-electron chi connectivity index (χ2n) is 5.22. The van der Waals surface area contributed by atoms with Crippen LogP contribution >= 0.6 is 27.3 Å². The molecule has 2 nitrogen and oxygen atoms in total. The maximum atomic E-state index is 3.77. The van der Waals surface area contributed by atoms with Crippen molar-refractivity contribution in [3.8, 4) is 0 Å². The van der Waals surface area contributed by atoms with E-state index in [4.69, 9.17) is 0 Å². The molecule has 0 aromatic carbocycles. The molecule has 2 heterocycles. The Morgan fingerprint density at radius 3 is 2.88 bits per heavy atom. The van der Waals surface area contributed by atoms with Gasteiger partial charge in [0.2, 0.25) is 0 Å². The van der Waals surface area contributed by atoms with Gasteiger partial charge in [-0.05, 0) is 60.3 Å². The van der Waals surface area contributed by atoms with Gasteiger partial charge in [0, 0.05) is 30.1 Å². The van der Waals surface area contributed by atoms with Gasteiger partial charge in [-0.3, -0.25) is 4.90 Å². The van der Waals surface area contributed by atoms with Crippen LogP contribution in [0.1, 0.15) is 30.6 Å². The molecule has 1 saturated carbocycles. The summed E-state index contributed by atoms with van der Waals surface area (Å²) in [6, 6.07) is 5.98. The van der Waals surface area contributed by atoms with Crippen LogP contribution in [0.2, 0.25) is 0 Å². The summed E-state index contributed by atoms with van der Waals surface area (Å²) in [5, 5.41) is 3.77. The van der Waals surface area contributed by atoms with Gasteiger partial charge in [0.05, 0.1) is 3.79 Å². The second-order valence-corrected chi connectivity index (χ2v) is 7.77. The highest BCUT2D eigenvalue weighted by atomic mass is 79.9. The number of halogens is 1. The highest BCUT2D eigenvalue weighted by molar-refractivity contribution is 9.11. The number of nitrogens with zero attached hydrogens (tertiary/aromatic N) is 1. The molecule has 0 bridgehead atoms. The Hall–Kier alpha value is 0.1000. The van der Waals surface area contributed by atoms with E-state index in [1.54, 1.807) is 0 Å². The van der Waals surface area contributed by atoms with Gasteiger partial charge in [-0.1, -0.05) is 0 Å². The fourth-order valence-electron chi connectivity index (χ4n) is 2.58. The van der Waals surface area contributed by atoms with Crippen LogP contribution in [0.5, 0.6) is 0 Å². The van der Waals surface area contributed by atoms with E-state index < -0.39 is 0 Å². The molecule has 1 atom stereocenters. The Balaban J connectivity index is 1.52. The topological polar surface area (TPSA) is 15.3 Å². The summed E-state index contributed by atoms with van der Waals surface area (Å²) in [5.74, 6) is 0. The van der Waals surface area contributed by atoms with Crippen LogP contribution in [0, 0.1) is 0 Å². The molecule has 3 rings (SSSR count). The molecule has 1 N–H and O–H groups in total. The summed E-state index contributed by atoms with van der Waals surface area (Å²) in [5.41, 5.74) is 0. The third kappa shape index (κ3) is 3.53. The van der Waals surface area contributed by atoms with Crippen molar-refractivity contribution >= 4 is 27.3 Å². The van der Waals surface area contributed by atoms with Crippen molar-refractivity contribution in [2.24, 2.45) is 0 Å². The predicted molar refractivity (Wildman–Crippen MR) is 76.5 cm³/mol. The van der Waals surface area contributed by atoms with Gasteiger partial charge in [-0.25, -0.2) is 0 Å². The first-order chi connectivity index (χ1) is 8.29. The highest BCUT2D eigenvalue weighted by Gasteiger charge is 2.27. The van der Waals surface area contributed by atoms with Gasteiger partial charge in [0.15, 0.2) is 0 Å². The SMILES string of the molecule is Brc1ccc(CN2CCCC(NC3CC3)C2)s1. The Morgan fingerprint density at radius 2 is 2.18 bits per heavy atom. The zero-order valence-corrected chi connectivity index (χ0v) is 12.4. The zero-order chi connectivity index (χ0) is 11.7. The van der Waals surface area contributed by atoms with Crippen molar-refractivity contribution in [1.29, 1.82) is 0 Å². The Bertz CT molecular complexity index is 375. The highest BCUT2D eigenvalue weighted by Crippen LogP contribution is 2.25. The molecule has 17 heavy (non-hydrogen) atoms. The largest absolute Gasteiger partial charge is 0.310 e. The zero-order valence-electron chi connectivity index (χ0n) is 9.99. The monoisotopic (exact) mass is 314 g/mol. The number of rotatable bonds is 4. The van der Waals surface area contributed by atoms with Gasteiger partial charge in [0.25, 0.3) is 0 Å². The van der Waals surface area contributed by atoms with Crippen molar-refractivity contribution in [2.45, 2.75) is 44.3 Å². The fraction of sp³-hybridized carbons (Fsp3) is 0.692. The smallest absolute Gasteiger partial charge is 0.0701 e. The van der Waals surface area contributed by atoms with Crippen molar-refractivity contribution in [3.63, 3.8) is 0 Å². The molecule has 1 aromatic rings. The normalized spacial score (nSPS) is 26.3. The standard InChI is InChI=1S/C13H19BrN2S/c14-13-6-5-12(17-13)9-16-7-1-2-11(8-16)15-10-3-4-10/h5-6,10-11,15H,1-4,7-9H2. The van der Waals surface area contributed by atoms with E-state index in [9.17, 15) is 0 Å². The second kappa shape index (κ2) is 5.39. The molecule has 0 amide bonds. The Kier molecular flexibility index (Phi) is 3.85. The lowest BCUT2D eigenvalue weighted by molar-refractivity contribution is 0.184. The average Bonchev–Trinajstić information content (AvgIpc) is 3.02. The molecule has 1 aliphatic carbocycles. The summed E-state index contributed by atoms with van der Waals surface area (Å²) < 4.78 is 1.25. The van der Waals surface area contributed by atoms with Gasteiger partial charge in [-0.2, -0.15) is 0 Å². The first-order valence-electron chi connectivity index (χ1n) is 6.52. The molecular formula is C13H19BrN2S. The van der Waals surface area contributed by atoms with E-state index in [1.807, 2.05) is 11.3 Å². The molecule has 2 aliphatic rings. The average molecular weight is 315 g/mol. The van der Waals surface area contributed by atoms with Crippen molar-refractivity contribution in [1.82, 2.24) is 10.2 Å². The van der Waals surface area contributed by atoms with E-state index >= 15 is 0 Å². The molecule has 1 aromatic heterocycles. The number of thiophene rings is 1. The maximum Gasteiger partial charge on any atom is 0.0701 e. The van der Waals surface area contributed by atoms with E-state index in [1.165, 1.54) is 47.4 Å². The molecule has 1 aliphatic heterocycles. The summed E-state index contributed by atoms with van der Waals surface area (Å²) in [4.78, 5) is 4.07. The molecule has 0 radical (unpaired) electrons. The Labute approximate surface area is 116 Å². The van der Waals surface area contributed by atoms with E-state index in [-0.39, 0.29) is 0 Å². The lowest BCUT2D eigenvalue weighted by atomic mass is 10.1. The van der Waals surface area contributed by atoms with Gasteiger partial charge in [0.1, 0.15) is 0 Å². The minimum absolute atomic E-state index is 0.736. The Morgan fingerprint density at radius 1 is 1.29 bits per heavy atom. The van der Waals surface area contributed by atoms with Crippen LogP contribution in [0.4, 0.5) is 0 Å². The lowest BCUT2D eigenvalue weighted by Crippen LogP contribution is -2.45. The quantitative estimate of drug-likeness (QED) is 0.918. The summed E-state index contributed by atoms with van der Waals surface area (Å²) >= 11 is 5.40. The van der Waals surface area contributed by atoms with Gasteiger partial charge < -0.3 is 5.32 Å². The summed E-state index contributed by atoms with van der Waals surface area (Å²) in [7, 11) is 0. The molecular weight excluding hydrogens is 296 g/mol. The molecule has 1 saturated heterocycles. The molecule has 94 valence electrons. The molecule has 0 spiro atoms. The molecule has 4 heteroatoms. The predicted octanol–water partition coefficient (Wildman–Crippen LogP) is 3.23. The van der Waals surface area contributed by atoms with Crippen LogP contribution in [0.15, 0.2) is 15.9 Å². The fourth-order valence-corrected chi connectivity index (χ4v) is 4.10. The van der Waals surface area contributed by atoms with Crippen molar-refractivity contribution < 1.29 is 0 Å². The summed E-state index contributed by atoms with van der Waals surface area (Å²) in [6.07, 6.45) is 5.50. The van der Waals surface area contributed by atoms with Crippen LogP contribution < -0.4 is 5.32 Å². The number of nitrogens with one attached hydrogen (secondary N) is 1. The third-order valence-electron chi connectivity index (χ3n) is 3.56. The van der Waals surface area contributed by atoms with Crippen LogP contribution in [-0.4, -0.2) is 30.1 Å². The number of likely N-dealkylation sites (tertiary alicyclic amines) is 1. The lowest BCUT2D eigenvalue weighted by Gasteiger charge is -2.33. The minimum atomic E-state index is 0.736. The van der Waals surface area contributed by atoms with E-state index in [2.05, 4.69) is 38.3 Å². The summed E-state index contributed by atoms with van der Waals surface area (Å²) in [6.45, 7) is 3.61.